The van der Waals surface area contributed by atoms with Crippen molar-refractivity contribution < 1.29 is 27.5 Å². The van der Waals surface area contributed by atoms with E-state index in [4.69, 9.17) is 9.47 Å². The second-order valence-corrected chi connectivity index (χ2v) is 10.3. The normalized spacial score (nSPS) is 20.4. The molecule has 1 saturated heterocycles. The van der Waals surface area contributed by atoms with Gasteiger partial charge in [0.05, 0.1) is 28.9 Å². The quantitative estimate of drug-likeness (QED) is 0.607. The van der Waals surface area contributed by atoms with Crippen molar-refractivity contribution in [3.05, 3.63) is 42.1 Å². The fraction of sp³-hybridized carbons (Fsp3) is 0.500. The summed E-state index contributed by atoms with van der Waals surface area (Å²) in [5.41, 5.74) is 0.0392. The van der Waals surface area contributed by atoms with Crippen LogP contribution in [0.25, 0.3) is 0 Å². The average molecular weight is 479 g/mol. The van der Waals surface area contributed by atoms with Gasteiger partial charge in [-0.25, -0.2) is 17.9 Å². The lowest BCUT2D eigenvalue weighted by atomic mass is 10.2. The zero-order valence-electron chi connectivity index (χ0n) is 19.4. The van der Waals surface area contributed by atoms with Crippen LogP contribution >= 0.6 is 0 Å². The van der Waals surface area contributed by atoms with Gasteiger partial charge in [-0.2, -0.15) is 9.40 Å². The van der Waals surface area contributed by atoms with E-state index in [0.717, 1.165) is 0 Å². The lowest BCUT2D eigenvalue weighted by molar-refractivity contribution is -0.123. The number of esters is 1. The van der Waals surface area contributed by atoms with Gasteiger partial charge in [0.25, 0.3) is 5.91 Å². The highest BCUT2D eigenvalue weighted by Gasteiger charge is 2.32. The van der Waals surface area contributed by atoms with Gasteiger partial charge in [0.1, 0.15) is 5.82 Å². The van der Waals surface area contributed by atoms with E-state index in [2.05, 4.69) is 10.4 Å². The molecule has 10 nitrogen and oxygen atoms in total. The number of hydrogen-bond donors (Lipinski definition) is 1. The van der Waals surface area contributed by atoms with Gasteiger partial charge in [-0.1, -0.05) is 6.07 Å². The standard InChI is InChI=1S/C22H30N4O6S/c1-14(2)26-20(9-10-23-26)24-21(27)17(5)32-22(28)18-7-6-8-19(11-18)33(29,30)25-12-15(3)31-16(4)13-25/h6-11,14-17H,12-13H2,1-5H3,(H,24,27)/t15-,16-,17-/m1/s1. The molecule has 1 aliphatic heterocycles. The molecule has 11 heteroatoms. The highest BCUT2D eigenvalue weighted by molar-refractivity contribution is 7.89. The highest BCUT2D eigenvalue weighted by atomic mass is 32.2. The molecule has 2 heterocycles. The van der Waals surface area contributed by atoms with Crippen LogP contribution in [0.1, 0.15) is 51.0 Å². The summed E-state index contributed by atoms with van der Waals surface area (Å²) in [5.74, 6) is -0.832. The van der Waals surface area contributed by atoms with Crippen LogP contribution in [0.2, 0.25) is 0 Å². The van der Waals surface area contributed by atoms with Crippen LogP contribution in [0.3, 0.4) is 0 Å². The number of hydrogen-bond acceptors (Lipinski definition) is 7. The van der Waals surface area contributed by atoms with Crippen LogP contribution in [0.5, 0.6) is 0 Å². The first-order valence-electron chi connectivity index (χ1n) is 10.8. The second kappa shape index (κ2) is 10.0. The monoisotopic (exact) mass is 478 g/mol. The maximum Gasteiger partial charge on any atom is 0.338 e. The number of sulfonamides is 1. The molecule has 2 aromatic rings. The summed E-state index contributed by atoms with van der Waals surface area (Å²) in [6.07, 6.45) is -0.00550. The summed E-state index contributed by atoms with van der Waals surface area (Å²) in [6, 6.07) is 7.30. The van der Waals surface area contributed by atoms with Crippen molar-refractivity contribution in [3.63, 3.8) is 0 Å². The molecule has 0 aliphatic carbocycles. The van der Waals surface area contributed by atoms with Gasteiger partial charge >= 0.3 is 5.97 Å². The summed E-state index contributed by atoms with van der Waals surface area (Å²) in [5, 5.41) is 6.83. The fourth-order valence-electron chi connectivity index (χ4n) is 3.59. The van der Waals surface area contributed by atoms with Crippen molar-refractivity contribution in [2.24, 2.45) is 0 Å². The SMILES string of the molecule is CC(C)n1nccc1NC(=O)[C@@H](C)OC(=O)c1cccc(S(=O)(=O)N2C[C@@H](C)O[C@H](C)C2)c1. The summed E-state index contributed by atoms with van der Waals surface area (Å²) in [4.78, 5) is 25.1. The Morgan fingerprint density at radius 3 is 2.45 bits per heavy atom. The van der Waals surface area contributed by atoms with Crippen molar-refractivity contribution in [2.45, 2.75) is 63.9 Å². The molecular formula is C22H30N4O6S. The zero-order chi connectivity index (χ0) is 24.3. The number of aromatic nitrogens is 2. The smallest absolute Gasteiger partial charge is 0.338 e. The largest absolute Gasteiger partial charge is 0.449 e. The molecule has 0 radical (unpaired) electrons. The van der Waals surface area contributed by atoms with E-state index in [1.54, 1.807) is 16.9 Å². The molecule has 3 rings (SSSR count). The summed E-state index contributed by atoms with van der Waals surface area (Å²) < 4.78 is 40.1. The van der Waals surface area contributed by atoms with E-state index in [9.17, 15) is 18.0 Å². The Hall–Kier alpha value is -2.76. The Morgan fingerprint density at radius 1 is 1.15 bits per heavy atom. The lowest BCUT2D eigenvalue weighted by Crippen LogP contribution is -2.48. The van der Waals surface area contributed by atoms with Crippen molar-refractivity contribution in [1.29, 1.82) is 0 Å². The van der Waals surface area contributed by atoms with Crippen LogP contribution < -0.4 is 5.32 Å². The van der Waals surface area contributed by atoms with Gasteiger partial charge < -0.3 is 14.8 Å². The van der Waals surface area contributed by atoms with E-state index in [0.29, 0.717) is 5.82 Å². The first-order valence-corrected chi connectivity index (χ1v) is 12.2. The lowest BCUT2D eigenvalue weighted by Gasteiger charge is -2.34. The van der Waals surface area contributed by atoms with Crippen molar-refractivity contribution >= 4 is 27.7 Å². The van der Waals surface area contributed by atoms with Crippen LogP contribution in [-0.2, 0) is 24.3 Å². The number of carbonyl (C=O) groups excluding carboxylic acids is 2. The molecule has 1 aromatic heterocycles. The Bertz CT molecular complexity index is 1100. The summed E-state index contributed by atoms with van der Waals surface area (Å²) in [7, 11) is -3.82. The maximum atomic E-state index is 13.1. The van der Waals surface area contributed by atoms with E-state index in [-0.39, 0.29) is 41.8 Å². The number of benzene rings is 1. The molecule has 0 saturated carbocycles. The van der Waals surface area contributed by atoms with E-state index < -0.39 is 28.0 Å². The van der Waals surface area contributed by atoms with Gasteiger partial charge in [-0.05, 0) is 52.8 Å². The number of rotatable bonds is 7. The Kier molecular flexibility index (Phi) is 7.55. The van der Waals surface area contributed by atoms with Crippen LogP contribution in [0.15, 0.2) is 41.4 Å². The maximum absolute atomic E-state index is 13.1. The fourth-order valence-corrected chi connectivity index (χ4v) is 5.23. The molecule has 0 unspecified atom stereocenters. The van der Waals surface area contributed by atoms with Crippen LogP contribution in [0.4, 0.5) is 5.82 Å². The molecule has 1 aliphatic rings. The van der Waals surface area contributed by atoms with E-state index in [1.807, 2.05) is 27.7 Å². The zero-order valence-corrected chi connectivity index (χ0v) is 20.2. The molecule has 0 bridgehead atoms. The molecule has 1 aromatic carbocycles. The van der Waals surface area contributed by atoms with E-state index >= 15 is 0 Å². The molecule has 3 atom stereocenters. The number of anilines is 1. The molecule has 1 amide bonds. The first kappa shape index (κ1) is 24.9. The minimum Gasteiger partial charge on any atom is -0.449 e. The van der Waals surface area contributed by atoms with Gasteiger partial charge in [-0.15, -0.1) is 0 Å². The van der Waals surface area contributed by atoms with Gasteiger partial charge in [0.15, 0.2) is 6.10 Å². The predicted molar refractivity (Wildman–Crippen MR) is 121 cm³/mol. The molecular weight excluding hydrogens is 448 g/mol. The number of amides is 1. The molecule has 1 N–H and O–H groups in total. The molecule has 0 spiro atoms. The van der Waals surface area contributed by atoms with Gasteiger partial charge in [-0.3, -0.25) is 4.79 Å². The topological polar surface area (TPSA) is 120 Å². The second-order valence-electron chi connectivity index (χ2n) is 8.40. The van der Waals surface area contributed by atoms with Gasteiger partial charge in [0.2, 0.25) is 10.0 Å². The third-order valence-corrected chi connectivity index (χ3v) is 6.98. The number of ether oxygens (including phenoxy) is 2. The van der Waals surface area contributed by atoms with E-state index in [1.165, 1.54) is 35.5 Å². The van der Waals surface area contributed by atoms with Crippen molar-refractivity contribution in [1.82, 2.24) is 14.1 Å². The Balaban J connectivity index is 1.70. The predicted octanol–water partition coefficient (Wildman–Crippen LogP) is 2.45. The van der Waals surface area contributed by atoms with Crippen LogP contribution in [-0.4, -0.2) is 65.8 Å². The Morgan fingerprint density at radius 2 is 1.82 bits per heavy atom. The Labute approximate surface area is 193 Å². The number of nitrogens with one attached hydrogen (secondary N) is 1. The minimum absolute atomic E-state index is 0.0174. The van der Waals surface area contributed by atoms with Crippen LogP contribution in [0, 0.1) is 0 Å². The summed E-state index contributed by atoms with van der Waals surface area (Å²) in [6.45, 7) is 9.37. The third-order valence-electron chi connectivity index (χ3n) is 5.16. The number of morpholine rings is 1. The molecule has 1 fully saturated rings. The average Bonchev–Trinajstić information content (AvgIpc) is 3.21. The third kappa shape index (κ3) is 5.79. The summed E-state index contributed by atoms with van der Waals surface area (Å²) >= 11 is 0. The minimum atomic E-state index is -3.82. The molecule has 33 heavy (non-hydrogen) atoms. The number of carbonyl (C=O) groups is 2. The molecule has 180 valence electrons. The first-order chi connectivity index (χ1) is 15.5. The van der Waals surface area contributed by atoms with Crippen molar-refractivity contribution in [3.8, 4) is 0 Å². The highest BCUT2D eigenvalue weighted by Crippen LogP contribution is 2.22. The van der Waals surface area contributed by atoms with Crippen molar-refractivity contribution in [2.75, 3.05) is 18.4 Å². The van der Waals surface area contributed by atoms with Gasteiger partial charge in [0, 0.05) is 25.2 Å². The number of nitrogens with zero attached hydrogens (tertiary/aromatic N) is 3.